The smallest absolute Gasteiger partial charge is 0.283 e. The number of amides is 1. The van der Waals surface area contributed by atoms with Gasteiger partial charge in [-0.2, -0.15) is 10.0 Å². The zero-order valence-corrected chi connectivity index (χ0v) is 16.7. The van der Waals surface area contributed by atoms with E-state index in [1.54, 1.807) is 24.5 Å². The second kappa shape index (κ2) is 7.11. The van der Waals surface area contributed by atoms with Crippen molar-refractivity contribution in [2.24, 2.45) is 10.1 Å². The minimum absolute atomic E-state index is 0.0419. The number of fused-ring (bicyclic) bond motifs is 1. The largest absolute Gasteiger partial charge is 0.468 e. The summed E-state index contributed by atoms with van der Waals surface area (Å²) in [6.45, 7) is 0. The van der Waals surface area contributed by atoms with Gasteiger partial charge in [0.25, 0.3) is 5.91 Å². The number of hydrogen-bond acceptors (Lipinski definition) is 9. The van der Waals surface area contributed by atoms with E-state index >= 15 is 0 Å². The number of amidine groups is 2. The highest BCUT2D eigenvalue weighted by atomic mass is 32.3. The van der Waals surface area contributed by atoms with Gasteiger partial charge < -0.3 is 8.83 Å². The quantitative estimate of drug-likeness (QED) is 0.572. The van der Waals surface area contributed by atoms with E-state index in [0.717, 1.165) is 28.8 Å². The van der Waals surface area contributed by atoms with Crippen molar-refractivity contribution in [3.05, 3.63) is 47.6 Å². The first-order valence-corrected chi connectivity index (χ1v) is 11.5. The molecule has 4 rings (SSSR count). The van der Waals surface area contributed by atoms with Crippen molar-refractivity contribution in [1.82, 2.24) is 5.01 Å². The van der Waals surface area contributed by atoms with E-state index in [1.807, 2.05) is 6.07 Å². The summed E-state index contributed by atoms with van der Waals surface area (Å²) in [5.41, 5.74) is -0.0419. The highest BCUT2D eigenvalue weighted by molar-refractivity contribution is 8.42. The van der Waals surface area contributed by atoms with Crippen LogP contribution in [-0.2, 0) is 20.4 Å². The second-order valence-electron chi connectivity index (χ2n) is 5.68. The molecular weight excluding hydrogens is 424 g/mol. The lowest BCUT2D eigenvalue weighted by Crippen LogP contribution is -2.35. The van der Waals surface area contributed by atoms with Crippen LogP contribution in [0.1, 0.15) is 11.5 Å². The summed E-state index contributed by atoms with van der Waals surface area (Å²) in [4.78, 5) is 16.1. The predicted molar refractivity (Wildman–Crippen MR) is 107 cm³/mol. The van der Waals surface area contributed by atoms with E-state index in [-0.39, 0.29) is 21.0 Å². The molecule has 0 radical (unpaired) electrons. The van der Waals surface area contributed by atoms with Crippen molar-refractivity contribution in [1.29, 1.82) is 5.41 Å². The minimum atomic E-state index is -3.57. The first-order chi connectivity index (χ1) is 13.3. The summed E-state index contributed by atoms with van der Waals surface area (Å²) in [7, 11) is -3.57. The fourth-order valence-corrected chi connectivity index (χ4v) is 4.75. The summed E-state index contributed by atoms with van der Waals surface area (Å²) in [5, 5.41) is 13.8. The van der Waals surface area contributed by atoms with Crippen LogP contribution in [0.4, 0.5) is 0 Å². The zero-order valence-electron chi connectivity index (χ0n) is 14.3. The fourth-order valence-electron chi connectivity index (χ4n) is 2.29. The third-order valence-corrected chi connectivity index (χ3v) is 7.09. The number of carbonyl (C=O) groups excluding carboxylic acids is 1. The molecule has 28 heavy (non-hydrogen) atoms. The average molecular weight is 436 g/mol. The topological polar surface area (TPSA) is 129 Å². The van der Waals surface area contributed by atoms with Crippen LogP contribution in [0.25, 0.3) is 6.08 Å². The molecule has 0 bridgehead atoms. The van der Waals surface area contributed by atoms with Crippen LogP contribution < -0.4 is 0 Å². The lowest BCUT2D eigenvalue weighted by atomic mass is 10.1. The van der Waals surface area contributed by atoms with Gasteiger partial charge in [-0.05, 0) is 42.1 Å². The van der Waals surface area contributed by atoms with E-state index in [1.165, 1.54) is 17.8 Å². The summed E-state index contributed by atoms with van der Waals surface area (Å²) < 4.78 is 34.0. The van der Waals surface area contributed by atoms with Crippen LogP contribution in [0.3, 0.4) is 0 Å². The number of rotatable bonds is 4. The number of nitrogens with one attached hydrogen (secondary N) is 1. The molecule has 0 atom stereocenters. The molecule has 2 aliphatic rings. The maximum Gasteiger partial charge on any atom is 0.283 e. The van der Waals surface area contributed by atoms with Crippen LogP contribution >= 0.6 is 23.5 Å². The number of hydrogen-bond donors (Lipinski definition) is 1. The van der Waals surface area contributed by atoms with Crippen LogP contribution in [0.2, 0.25) is 0 Å². The molecular formula is C16H12N4O5S3. The number of carbonyl (C=O) groups is 1. The second-order valence-corrected chi connectivity index (χ2v) is 9.81. The Balaban J connectivity index is 1.55. The molecule has 2 aliphatic heterocycles. The van der Waals surface area contributed by atoms with E-state index in [2.05, 4.69) is 10.1 Å². The number of thioether (sulfide) groups is 2. The Morgan fingerprint density at radius 1 is 1.36 bits per heavy atom. The molecule has 0 spiro atoms. The molecule has 0 saturated heterocycles. The van der Waals surface area contributed by atoms with E-state index in [9.17, 15) is 13.2 Å². The Morgan fingerprint density at radius 2 is 2.18 bits per heavy atom. The number of sulfone groups is 1. The van der Waals surface area contributed by atoms with Crippen molar-refractivity contribution >= 4 is 60.7 Å². The van der Waals surface area contributed by atoms with Crippen molar-refractivity contribution in [2.75, 3.05) is 6.26 Å². The molecule has 0 aliphatic carbocycles. The van der Waals surface area contributed by atoms with Gasteiger partial charge >= 0.3 is 0 Å². The fraction of sp³-hybridized carbons (Fsp3) is 0.125. The lowest BCUT2D eigenvalue weighted by molar-refractivity contribution is -0.114. The molecule has 2 aromatic heterocycles. The molecule has 0 fully saturated rings. The first kappa shape index (κ1) is 18.8. The maximum atomic E-state index is 12.3. The Hall–Kier alpha value is -2.57. The summed E-state index contributed by atoms with van der Waals surface area (Å²) >= 11 is 2.16. The van der Waals surface area contributed by atoms with Crippen molar-refractivity contribution < 1.29 is 22.0 Å². The van der Waals surface area contributed by atoms with Crippen LogP contribution in [-0.4, -0.2) is 41.0 Å². The van der Waals surface area contributed by atoms with Gasteiger partial charge in [-0.1, -0.05) is 11.8 Å². The van der Waals surface area contributed by atoms with E-state index in [0.29, 0.717) is 16.6 Å². The molecule has 2 aromatic rings. The Kier molecular flexibility index (Phi) is 4.77. The molecule has 0 saturated carbocycles. The SMILES string of the molecule is CS(=O)(=O)C1=NN2C(=N)/C(=C/c3ccc(SCc4ccco4)o3)C(=O)N=C2S1. The number of nitrogens with zero attached hydrogens (tertiary/aromatic N) is 3. The molecule has 12 heteroatoms. The van der Waals surface area contributed by atoms with Gasteiger partial charge in [0.1, 0.15) is 11.5 Å². The summed E-state index contributed by atoms with van der Waals surface area (Å²) in [5.74, 6) is 0.843. The molecule has 9 nitrogen and oxygen atoms in total. The van der Waals surface area contributed by atoms with Crippen LogP contribution in [0.5, 0.6) is 0 Å². The normalized spacial score (nSPS) is 18.5. The third kappa shape index (κ3) is 3.70. The Labute approximate surface area is 168 Å². The summed E-state index contributed by atoms with van der Waals surface area (Å²) in [6, 6.07) is 7.07. The predicted octanol–water partition coefficient (Wildman–Crippen LogP) is 2.79. The van der Waals surface area contributed by atoms with Gasteiger partial charge in [-0.25, -0.2) is 8.42 Å². The van der Waals surface area contributed by atoms with Crippen LogP contribution in [0.15, 0.2) is 60.1 Å². The van der Waals surface area contributed by atoms with E-state index in [4.69, 9.17) is 14.2 Å². The standard InChI is InChI=1S/C16H12N4O5S3/c1-28(22,23)16-19-20-13(17)11(14(21)18-15(20)27-16)7-9-4-5-12(25-9)26-8-10-3-2-6-24-10/h2-7,17H,8H2,1H3/b11-7-,17-13?. The van der Waals surface area contributed by atoms with Gasteiger partial charge in [0.05, 0.1) is 17.6 Å². The van der Waals surface area contributed by atoms with Gasteiger partial charge in [0, 0.05) is 6.26 Å². The Morgan fingerprint density at radius 3 is 2.89 bits per heavy atom. The van der Waals surface area contributed by atoms with Crippen molar-refractivity contribution in [3.63, 3.8) is 0 Å². The molecule has 0 unspecified atom stereocenters. The van der Waals surface area contributed by atoms with Crippen molar-refractivity contribution in [2.45, 2.75) is 10.8 Å². The number of furan rings is 2. The number of hydrazone groups is 1. The first-order valence-electron chi connectivity index (χ1n) is 7.76. The van der Waals surface area contributed by atoms with Gasteiger partial charge in [0.15, 0.2) is 10.9 Å². The molecule has 1 amide bonds. The van der Waals surface area contributed by atoms with Gasteiger partial charge in [-0.3, -0.25) is 10.2 Å². The monoisotopic (exact) mass is 436 g/mol. The average Bonchev–Trinajstić information content (AvgIpc) is 3.36. The molecule has 4 heterocycles. The summed E-state index contributed by atoms with van der Waals surface area (Å²) in [6.07, 6.45) is 3.99. The highest BCUT2D eigenvalue weighted by Crippen LogP contribution is 2.31. The lowest BCUT2D eigenvalue weighted by Gasteiger charge is -2.19. The van der Waals surface area contributed by atoms with E-state index < -0.39 is 15.7 Å². The highest BCUT2D eigenvalue weighted by Gasteiger charge is 2.38. The molecule has 0 aromatic carbocycles. The maximum absolute atomic E-state index is 12.3. The number of aliphatic imine (C=N–C) groups is 1. The minimum Gasteiger partial charge on any atom is -0.468 e. The van der Waals surface area contributed by atoms with Gasteiger partial charge in [0.2, 0.25) is 19.4 Å². The van der Waals surface area contributed by atoms with Crippen molar-refractivity contribution in [3.8, 4) is 0 Å². The zero-order chi connectivity index (χ0) is 19.9. The third-order valence-electron chi connectivity index (χ3n) is 3.58. The van der Waals surface area contributed by atoms with Gasteiger partial charge in [-0.15, -0.1) is 5.10 Å². The van der Waals surface area contributed by atoms with Crippen LogP contribution in [0, 0.1) is 5.41 Å². The Bertz CT molecular complexity index is 1160. The molecule has 1 N–H and O–H groups in total. The molecule has 144 valence electrons.